The van der Waals surface area contributed by atoms with Gasteiger partial charge in [0, 0.05) is 11.1 Å². The van der Waals surface area contributed by atoms with Gasteiger partial charge in [-0.25, -0.2) is 4.79 Å². The van der Waals surface area contributed by atoms with Crippen LogP contribution in [0.3, 0.4) is 0 Å². The molecule has 0 bridgehead atoms. The van der Waals surface area contributed by atoms with Crippen LogP contribution in [0.2, 0.25) is 0 Å². The van der Waals surface area contributed by atoms with E-state index in [0.29, 0.717) is 12.2 Å². The molecule has 0 radical (unpaired) electrons. The lowest BCUT2D eigenvalue weighted by Gasteiger charge is -2.32. The molecule has 1 aliphatic heterocycles. The monoisotopic (exact) mass is 336 g/mol. The fourth-order valence-electron chi connectivity index (χ4n) is 3.00. The number of fused-ring (bicyclic) bond motifs is 1. The number of hydrogen-bond acceptors (Lipinski definition) is 3. The standard InChI is InChI=1S/C21H20O4/c1-21(2)9-10-25-19-8-7-16(12-18(19)21)17(13-22)11-14-3-5-15(6-4-14)20(23)24/h3-8,11-13H,9-10H2,1-2H3,(H,23,24)/b17-11-. The average molecular weight is 336 g/mol. The molecule has 2 aromatic rings. The Bertz CT molecular complexity index is 845. The molecule has 3 rings (SSSR count). The normalized spacial score (nSPS) is 15.8. The second kappa shape index (κ2) is 6.55. The fourth-order valence-corrected chi connectivity index (χ4v) is 3.00. The Morgan fingerprint density at radius 3 is 2.44 bits per heavy atom. The lowest BCUT2D eigenvalue weighted by Crippen LogP contribution is -2.26. The molecule has 1 heterocycles. The smallest absolute Gasteiger partial charge is 0.335 e. The molecule has 0 aliphatic carbocycles. The van der Waals surface area contributed by atoms with Crippen LogP contribution in [0.4, 0.5) is 0 Å². The number of hydrogen-bond donors (Lipinski definition) is 1. The largest absolute Gasteiger partial charge is 0.493 e. The van der Waals surface area contributed by atoms with Gasteiger partial charge < -0.3 is 9.84 Å². The summed E-state index contributed by atoms with van der Waals surface area (Å²) in [5.74, 6) is -0.0980. The molecule has 0 saturated carbocycles. The van der Waals surface area contributed by atoms with Crippen molar-refractivity contribution in [3.05, 3.63) is 64.7 Å². The molecule has 0 fully saturated rings. The van der Waals surface area contributed by atoms with Gasteiger partial charge in [-0.3, -0.25) is 4.79 Å². The second-order valence-corrected chi connectivity index (χ2v) is 6.84. The van der Waals surface area contributed by atoms with E-state index in [9.17, 15) is 9.59 Å². The molecule has 1 aliphatic rings. The van der Waals surface area contributed by atoms with Gasteiger partial charge in [0.25, 0.3) is 0 Å². The number of aromatic carboxylic acids is 1. The first-order chi connectivity index (χ1) is 11.9. The first-order valence-corrected chi connectivity index (χ1v) is 8.19. The van der Waals surface area contributed by atoms with Gasteiger partial charge in [-0.15, -0.1) is 0 Å². The highest BCUT2D eigenvalue weighted by molar-refractivity contribution is 6.13. The SMILES string of the molecule is CC1(C)CCOc2ccc(/C(C=O)=C\c3ccc(C(=O)O)cc3)cc21. The quantitative estimate of drug-likeness (QED) is 0.517. The van der Waals surface area contributed by atoms with Crippen LogP contribution in [0, 0.1) is 0 Å². The van der Waals surface area contributed by atoms with Gasteiger partial charge in [-0.2, -0.15) is 0 Å². The molecule has 0 unspecified atom stereocenters. The summed E-state index contributed by atoms with van der Waals surface area (Å²) in [6.45, 7) is 5.05. The van der Waals surface area contributed by atoms with E-state index in [2.05, 4.69) is 13.8 Å². The van der Waals surface area contributed by atoms with Gasteiger partial charge >= 0.3 is 5.97 Å². The average Bonchev–Trinajstić information content (AvgIpc) is 2.60. The molecule has 0 atom stereocenters. The van der Waals surface area contributed by atoms with Crippen molar-refractivity contribution in [2.24, 2.45) is 0 Å². The first kappa shape index (κ1) is 17.0. The van der Waals surface area contributed by atoms with E-state index in [1.54, 1.807) is 18.2 Å². The Morgan fingerprint density at radius 1 is 1.12 bits per heavy atom. The fraction of sp³-hybridized carbons (Fsp3) is 0.238. The van der Waals surface area contributed by atoms with Crippen molar-refractivity contribution in [1.82, 2.24) is 0 Å². The molecule has 0 spiro atoms. The Labute approximate surface area is 146 Å². The first-order valence-electron chi connectivity index (χ1n) is 8.19. The molecule has 4 nitrogen and oxygen atoms in total. The third-order valence-electron chi connectivity index (χ3n) is 4.63. The molecule has 2 aromatic carbocycles. The topological polar surface area (TPSA) is 63.6 Å². The lowest BCUT2D eigenvalue weighted by atomic mass is 9.79. The molecule has 25 heavy (non-hydrogen) atoms. The summed E-state index contributed by atoms with van der Waals surface area (Å²) < 4.78 is 5.72. The molecule has 0 aromatic heterocycles. The maximum atomic E-state index is 11.6. The van der Waals surface area contributed by atoms with Gasteiger partial charge in [-0.05, 0) is 53.3 Å². The van der Waals surface area contributed by atoms with Crippen LogP contribution in [-0.2, 0) is 10.2 Å². The van der Waals surface area contributed by atoms with E-state index in [1.807, 2.05) is 18.2 Å². The van der Waals surface area contributed by atoms with Gasteiger partial charge in [-0.1, -0.05) is 32.0 Å². The van der Waals surface area contributed by atoms with E-state index in [-0.39, 0.29) is 11.0 Å². The van der Waals surface area contributed by atoms with Crippen molar-refractivity contribution >= 4 is 23.9 Å². The Hall–Kier alpha value is -2.88. The number of allylic oxidation sites excluding steroid dienone is 1. The highest BCUT2D eigenvalue weighted by atomic mass is 16.5. The number of carboxylic acid groups (broad SMARTS) is 1. The highest BCUT2D eigenvalue weighted by Gasteiger charge is 2.29. The number of carboxylic acids is 1. The van der Waals surface area contributed by atoms with Crippen LogP contribution in [0.15, 0.2) is 42.5 Å². The zero-order chi connectivity index (χ0) is 18.0. The van der Waals surface area contributed by atoms with Crippen LogP contribution in [0.1, 0.15) is 47.3 Å². The Kier molecular flexibility index (Phi) is 4.45. The predicted octanol–water partition coefficient (Wildman–Crippen LogP) is 4.18. The third kappa shape index (κ3) is 3.48. The summed E-state index contributed by atoms with van der Waals surface area (Å²) in [5, 5.41) is 8.96. The maximum absolute atomic E-state index is 11.6. The molecular formula is C21H20O4. The van der Waals surface area contributed by atoms with Crippen LogP contribution in [0.5, 0.6) is 5.75 Å². The predicted molar refractivity (Wildman–Crippen MR) is 96.9 cm³/mol. The number of benzene rings is 2. The summed E-state index contributed by atoms with van der Waals surface area (Å²) in [4.78, 5) is 22.5. The van der Waals surface area contributed by atoms with E-state index >= 15 is 0 Å². The van der Waals surface area contributed by atoms with Crippen molar-refractivity contribution in [3.63, 3.8) is 0 Å². The van der Waals surface area contributed by atoms with E-state index in [4.69, 9.17) is 9.84 Å². The Balaban J connectivity index is 1.98. The summed E-state index contributed by atoms with van der Waals surface area (Å²) >= 11 is 0. The number of aldehydes is 1. The molecule has 0 amide bonds. The minimum atomic E-state index is -0.969. The minimum Gasteiger partial charge on any atom is -0.493 e. The van der Waals surface area contributed by atoms with Crippen LogP contribution < -0.4 is 4.74 Å². The number of carbonyl (C=O) groups excluding carboxylic acids is 1. The number of carbonyl (C=O) groups is 2. The molecular weight excluding hydrogens is 316 g/mol. The number of rotatable bonds is 4. The van der Waals surface area contributed by atoms with Gasteiger partial charge in [0.05, 0.1) is 12.2 Å². The van der Waals surface area contributed by atoms with Crippen molar-refractivity contribution < 1.29 is 19.4 Å². The maximum Gasteiger partial charge on any atom is 0.335 e. The van der Waals surface area contributed by atoms with Gasteiger partial charge in [0.15, 0.2) is 6.29 Å². The highest BCUT2D eigenvalue weighted by Crippen LogP contribution is 2.39. The molecule has 0 saturated heterocycles. The molecule has 1 N–H and O–H groups in total. The van der Waals surface area contributed by atoms with Crippen LogP contribution in [-0.4, -0.2) is 24.0 Å². The summed E-state index contributed by atoms with van der Waals surface area (Å²) in [7, 11) is 0. The summed E-state index contributed by atoms with van der Waals surface area (Å²) in [6, 6.07) is 12.3. The van der Waals surface area contributed by atoms with E-state index in [0.717, 1.165) is 35.1 Å². The molecule has 4 heteroatoms. The Morgan fingerprint density at radius 2 is 1.80 bits per heavy atom. The van der Waals surface area contributed by atoms with Crippen LogP contribution >= 0.6 is 0 Å². The minimum absolute atomic E-state index is 0.000718. The van der Waals surface area contributed by atoms with Crippen molar-refractivity contribution in [3.8, 4) is 5.75 Å². The lowest BCUT2D eigenvalue weighted by molar-refractivity contribution is -0.103. The van der Waals surface area contributed by atoms with E-state index < -0.39 is 5.97 Å². The molecule has 128 valence electrons. The van der Waals surface area contributed by atoms with Crippen molar-refractivity contribution in [2.45, 2.75) is 25.7 Å². The zero-order valence-corrected chi connectivity index (χ0v) is 14.3. The van der Waals surface area contributed by atoms with Gasteiger partial charge in [0.2, 0.25) is 0 Å². The van der Waals surface area contributed by atoms with Crippen molar-refractivity contribution in [1.29, 1.82) is 0 Å². The van der Waals surface area contributed by atoms with Crippen molar-refractivity contribution in [2.75, 3.05) is 6.61 Å². The second-order valence-electron chi connectivity index (χ2n) is 6.84. The van der Waals surface area contributed by atoms with E-state index in [1.165, 1.54) is 12.1 Å². The summed E-state index contributed by atoms with van der Waals surface area (Å²) in [6.07, 6.45) is 3.51. The summed E-state index contributed by atoms with van der Waals surface area (Å²) in [5.41, 5.74) is 3.48. The van der Waals surface area contributed by atoms with Crippen LogP contribution in [0.25, 0.3) is 11.6 Å². The number of ether oxygens (including phenoxy) is 1. The third-order valence-corrected chi connectivity index (χ3v) is 4.63. The zero-order valence-electron chi connectivity index (χ0n) is 14.3. The van der Waals surface area contributed by atoms with Gasteiger partial charge in [0.1, 0.15) is 5.75 Å².